The van der Waals surface area contributed by atoms with Gasteiger partial charge in [-0.3, -0.25) is 9.59 Å². The lowest BCUT2D eigenvalue weighted by Gasteiger charge is -2.28. The molecule has 1 aliphatic carbocycles. The summed E-state index contributed by atoms with van der Waals surface area (Å²) in [6, 6.07) is 0. The zero-order chi connectivity index (χ0) is 15.4. The van der Waals surface area contributed by atoms with E-state index < -0.39 is 5.60 Å². The Kier molecular flexibility index (Phi) is 5.57. The van der Waals surface area contributed by atoms with Crippen LogP contribution in [0.4, 0.5) is 0 Å². The van der Waals surface area contributed by atoms with Crippen molar-refractivity contribution in [1.82, 2.24) is 10.2 Å². The highest BCUT2D eigenvalue weighted by atomic mass is 16.3. The molecule has 0 aromatic rings. The second-order valence-corrected chi connectivity index (χ2v) is 6.81. The highest BCUT2D eigenvalue weighted by molar-refractivity contribution is 5.85. The molecule has 2 amide bonds. The standard InChI is InChI=1S/C15H28N2O3/c1-5-17(11-12(18)16-14(2,3)4)13(19)10-15(20)8-6-7-9-15/h20H,5-11H2,1-4H3,(H,16,18). The predicted octanol–water partition coefficient (Wildman–Crippen LogP) is 1.44. The molecule has 0 heterocycles. The summed E-state index contributed by atoms with van der Waals surface area (Å²) in [6.45, 7) is 8.11. The molecule has 0 unspecified atom stereocenters. The van der Waals surface area contributed by atoms with Crippen molar-refractivity contribution in [2.24, 2.45) is 0 Å². The van der Waals surface area contributed by atoms with E-state index in [-0.39, 0.29) is 30.3 Å². The van der Waals surface area contributed by atoms with Crippen LogP contribution in [0, 0.1) is 0 Å². The van der Waals surface area contributed by atoms with E-state index in [9.17, 15) is 14.7 Å². The summed E-state index contributed by atoms with van der Waals surface area (Å²) in [6.07, 6.45) is 3.44. The molecule has 0 aromatic heterocycles. The number of nitrogens with zero attached hydrogens (tertiary/aromatic N) is 1. The Morgan fingerprint density at radius 1 is 1.25 bits per heavy atom. The zero-order valence-electron chi connectivity index (χ0n) is 13.2. The molecule has 20 heavy (non-hydrogen) atoms. The van der Waals surface area contributed by atoms with Gasteiger partial charge < -0.3 is 15.3 Å². The van der Waals surface area contributed by atoms with Crippen molar-refractivity contribution < 1.29 is 14.7 Å². The topological polar surface area (TPSA) is 69.6 Å². The van der Waals surface area contributed by atoms with Crippen molar-refractivity contribution in [1.29, 1.82) is 0 Å². The Morgan fingerprint density at radius 2 is 1.80 bits per heavy atom. The Hall–Kier alpha value is -1.10. The number of nitrogens with one attached hydrogen (secondary N) is 1. The maximum atomic E-state index is 12.2. The van der Waals surface area contributed by atoms with Gasteiger partial charge in [-0.05, 0) is 40.5 Å². The third kappa shape index (κ3) is 5.49. The Labute approximate surface area is 121 Å². The van der Waals surface area contributed by atoms with Gasteiger partial charge in [0, 0.05) is 12.1 Å². The first-order chi connectivity index (χ1) is 9.15. The molecule has 116 valence electrons. The monoisotopic (exact) mass is 284 g/mol. The van der Waals surface area contributed by atoms with Crippen molar-refractivity contribution in [2.45, 2.75) is 70.9 Å². The molecule has 2 N–H and O–H groups in total. The van der Waals surface area contributed by atoms with Crippen LogP contribution in [0.1, 0.15) is 59.8 Å². The molecule has 0 aliphatic heterocycles. The molecule has 0 bridgehead atoms. The highest BCUT2D eigenvalue weighted by Gasteiger charge is 2.35. The number of carbonyl (C=O) groups excluding carboxylic acids is 2. The summed E-state index contributed by atoms with van der Waals surface area (Å²) in [7, 11) is 0. The van der Waals surface area contributed by atoms with E-state index >= 15 is 0 Å². The normalized spacial score (nSPS) is 17.9. The van der Waals surface area contributed by atoms with Crippen LogP contribution >= 0.6 is 0 Å². The molecule has 0 spiro atoms. The van der Waals surface area contributed by atoms with Crippen LogP contribution in [0.5, 0.6) is 0 Å². The lowest BCUT2D eigenvalue weighted by molar-refractivity contribution is -0.140. The molecular weight excluding hydrogens is 256 g/mol. The van der Waals surface area contributed by atoms with Gasteiger partial charge >= 0.3 is 0 Å². The third-order valence-corrected chi connectivity index (χ3v) is 3.60. The summed E-state index contributed by atoms with van der Waals surface area (Å²) in [5.74, 6) is -0.299. The Morgan fingerprint density at radius 3 is 2.25 bits per heavy atom. The van der Waals surface area contributed by atoms with Gasteiger partial charge in [-0.1, -0.05) is 12.8 Å². The second kappa shape index (κ2) is 6.57. The minimum Gasteiger partial charge on any atom is -0.389 e. The van der Waals surface area contributed by atoms with Crippen LogP contribution in [-0.4, -0.2) is 46.1 Å². The van der Waals surface area contributed by atoms with Gasteiger partial charge in [0.05, 0.1) is 18.6 Å². The van der Waals surface area contributed by atoms with Gasteiger partial charge in [0.15, 0.2) is 0 Å². The highest BCUT2D eigenvalue weighted by Crippen LogP contribution is 2.32. The van der Waals surface area contributed by atoms with Crippen molar-refractivity contribution in [3.05, 3.63) is 0 Å². The second-order valence-electron chi connectivity index (χ2n) is 6.81. The van der Waals surface area contributed by atoms with E-state index in [0.29, 0.717) is 19.4 Å². The Balaban J connectivity index is 2.52. The lowest BCUT2D eigenvalue weighted by atomic mass is 9.97. The molecule has 0 aromatic carbocycles. The molecule has 0 radical (unpaired) electrons. The van der Waals surface area contributed by atoms with Crippen molar-refractivity contribution >= 4 is 11.8 Å². The molecule has 1 fully saturated rings. The maximum Gasteiger partial charge on any atom is 0.240 e. The molecule has 0 saturated heterocycles. The van der Waals surface area contributed by atoms with Crippen LogP contribution in [0.25, 0.3) is 0 Å². The SMILES string of the molecule is CCN(CC(=O)NC(C)(C)C)C(=O)CC1(O)CCCC1. The first-order valence-corrected chi connectivity index (χ1v) is 7.46. The first-order valence-electron chi connectivity index (χ1n) is 7.46. The molecule has 1 aliphatic rings. The van der Waals surface area contributed by atoms with Crippen LogP contribution in [0.3, 0.4) is 0 Å². The summed E-state index contributed by atoms with van der Waals surface area (Å²) in [5.41, 5.74) is -1.16. The molecule has 1 rings (SSSR count). The summed E-state index contributed by atoms with van der Waals surface area (Å²) in [5, 5.41) is 13.1. The summed E-state index contributed by atoms with van der Waals surface area (Å²) < 4.78 is 0. The van der Waals surface area contributed by atoms with Gasteiger partial charge in [-0.2, -0.15) is 0 Å². The molecule has 5 nitrogen and oxygen atoms in total. The fourth-order valence-corrected chi connectivity index (χ4v) is 2.61. The average molecular weight is 284 g/mol. The van der Waals surface area contributed by atoms with Gasteiger partial charge in [0.1, 0.15) is 0 Å². The molecule has 5 heteroatoms. The minimum atomic E-state index is -0.856. The van der Waals surface area contributed by atoms with Crippen molar-refractivity contribution in [3.63, 3.8) is 0 Å². The largest absolute Gasteiger partial charge is 0.389 e. The zero-order valence-corrected chi connectivity index (χ0v) is 13.2. The summed E-state index contributed by atoms with van der Waals surface area (Å²) >= 11 is 0. The van der Waals surface area contributed by atoms with Crippen molar-refractivity contribution in [2.75, 3.05) is 13.1 Å². The van der Waals surface area contributed by atoms with Gasteiger partial charge in [-0.25, -0.2) is 0 Å². The minimum absolute atomic E-state index is 0.0582. The van der Waals surface area contributed by atoms with Crippen LogP contribution < -0.4 is 5.32 Å². The quantitative estimate of drug-likeness (QED) is 0.802. The Bertz CT molecular complexity index is 355. The van der Waals surface area contributed by atoms with Crippen LogP contribution in [0.15, 0.2) is 0 Å². The fraction of sp³-hybridized carbons (Fsp3) is 0.867. The average Bonchev–Trinajstić information content (AvgIpc) is 2.70. The summed E-state index contributed by atoms with van der Waals surface area (Å²) in [4.78, 5) is 25.6. The van der Waals surface area contributed by atoms with Crippen LogP contribution in [-0.2, 0) is 9.59 Å². The number of hydrogen-bond donors (Lipinski definition) is 2. The molecular formula is C15H28N2O3. The number of hydrogen-bond acceptors (Lipinski definition) is 3. The number of amides is 2. The van der Waals surface area contributed by atoms with Gasteiger partial charge in [0.2, 0.25) is 11.8 Å². The van der Waals surface area contributed by atoms with E-state index in [1.807, 2.05) is 27.7 Å². The fourth-order valence-electron chi connectivity index (χ4n) is 2.61. The van der Waals surface area contributed by atoms with Crippen LogP contribution in [0.2, 0.25) is 0 Å². The van der Waals surface area contributed by atoms with E-state index in [1.54, 1.807) is 0 Å². The number of carbonyl (C=O) groups is 2. The molecule has 1 saturated carbocycles. The van der Waals surface area contributed by atoms with E-state index in [2.05, 4.69) is 5.32 Å². The maximum absolute atomic E-state index is 12.2. The number of aliphatic hydroxyl groups is 1. The van der Waals surface area contributed by atoms with E-state index in [4.69, 9.17) is 0 Å². The van der Waals surface area contributed by atoms with E-state index in [0.717, 1.165) is 12.8 Å². The third-order valence-electron chi connectivity index (χ3n) is 3.60. The molecule has 0 atom stereocenters. The first kappa shape index (κ1) is 17.0. The lowest BCUT2D eigenvalue weighted by Crippen LogP contribution is -2.48. The smallest absolute Gasteiger partial charge is 0.240 e. The van der Waals surface area contributed by atoms with Crippen molar-refractivity contribution in [3.8, 4) is 0 Å². The van der Waals surface area contributed by atoms with E-state index in [1.165, 1.54) is 4.90 Å². The number of likely N-dealkylation sites (N-methyl/N-ethyl adjacent to an activating group) is 1. The predicted molar refractivity (Wildman–Crippen MR) is 78.2 cm³/mol. The van der Waals surface area contributed by atoms with Gasteiger partial charge in [-0.15, -0.1) is 0 Å². The van der Waals surface area contributed by atoms with Gasteiger partial charge in [0.25, 0.3) is 0 Å². The number of rotatable bonds is 5.